The van der Waals surface area contributed by atoms with Crippen molar-refractivity contribution in [3.63, 3.8) is 0 Å². The second kappa shape index (κ2) is 5.92. The van der Waals surface area contributed by atoms with Crippen molar-refractivity contribution in [2.75, 3.05) is 5.32 Å². The smallest absolute Gasteiger partial charge is 0.270 e. The van der Waals surface area contributed by atoms with Gasteiger partial charge in [-0.15, -0.1) is 0 Å². The number of non-ortho nitro benzene ring substituents is 1. The molecule has 0 saturated carbocycles. The third-order valence-corrected chi connectivity index (χ3v) is 3.11. The maximum Gasteiger partial charge on any atom is 0.270 e. The van der Waals surface area contributed by atoms with Crippen LogP contribution in [0.15, 0.2) is 30.6 Å². The Labute approximate surface area is 125 Å². The van der Waals surface area contributed by atoms with E-state index < -0.39 is 10.8 Å². The van der Waals surface area contributed by atoms with Crippen molar-refractivity contribution in [3.05, 3.63) is 51.3 Å². The summed E-state index contributed by atoms with van der Waals surface area (Å²) in [6.07, 6.45) is 3.22. The molecule has 0 saturated heterocycles. The molecule has 0 radical (unpaired) electrons. The van der Waals surface area contributed by atoms with E-state index in [1.165, 1.54) is 18.3 Å². The first-order valence-corrected chi connectivity index (χ1v) is 6.55. The zero-order valence-electron chi connectivity index (χ0n) is 11.4. The number of hydrogen-bond donors (Lipinski definition) is 1. The van der Waals surface area contributed by atoms with Gasteiger partial charge in [0.05, 0.1) is 27.4 Å². The highest BCUT2D eigenvalue weighted by Crippen LogP contribution is 2.23. The number of nitro benzene ring substituents is 1. The number of nitrogens with one attached hydrogen (secondary N) is 1. The highest BCUT2D eigenvalue weighted by Gasteiger charge is 2.15. The highest BCUT2D eigenvalue weighted by atomic mass is 35.5. The first-order valence-electron chi connectivity index (χ1n) is 6.18. The maximum absolute atomic E-state index is 12.1. The number of carbonyl (C=O) groups excluding carboxylic acids is 1. The summed E-state index contributed by atoms with van der Waals surface area (Å²) >= 11 is 5.90. The normalized spacial score (nSPS) is 10.7. The van der Waals surface area contributed by atoms with Crippen molar-refractivity contribution < 1.29 is 9.72 Å². The van der Waals surface area contributed by atoms with Crippen LogP contribution in [0.1, 0.15) is 30.2 Å². The molecule has 1 amide bonds. The third-order valence-electron chi connectivity index (χ3n) is 2.80. The molecule has 0 aliphatic carbocycles. The van der Waals surface area contributed by atoms with Crippen LogP contribution >= 0.6 is 11.6 Å². The van der Waals surface area contributed by atoms with Crippen LogP contribution in [0.5, 0.6) is 0 Å². The molecular weight excluding hydrogens is 296 g/mol. The average Bonchev–Trinajstić information content (AvgIpc) is 2.87. The Morgan fingerprint density at radius 2 is 2.19 bits per heavy atom. The fraction of sp³-hybridized carbons (Fsp3) is 0.231. The van der Waals surface area contributed by atoms with Gasteiger partial charge < -0.3 is 5.32 Å². The lowest BCUT2D eigenvalue weighted by atomic mass is 10.2. The van der Waals surface area contributed by atoms with E-state index in [1.54, 1.807) is 10.9 Å². The summed E-state index contributed by atoms with van der Waals surface area (Å²) in [7, 11) is 0. The summed E-state index contributed by atoms with van der Waals surface area (Å²) in [4.78, 5) is 22.2. The first kappa shape index (κ1) is 15.0. The standard InChI is InChI=1S/C13H13ClN4O3/c1-8(2)17-7-9(6-15-17)16-13(19)11-4-3-10(18(20)21)5-12(11)14/h3-8H,1-2H3,(H,16,19). The summed E-state index contributed by atoms with van der Waals surface area (Å²) in [6.45, 7) is 3.93. The molecule has 0 aliphatic rings. The highest BCUT2D eigenvalue weighted by molar-refractivity contribution is 6.34. The van der Waals surface area contributed by atoms with E-state index in [9.17, 15) is 14.9 Å². The predicted molar refractivity (Wildman–Crippen MR) is 78.7 cm³/mol. The lowest BCUT2D eigenvalue weighted by molar-refractivity contribution is -0.384. The van der Waals surface area contributed by atoms with Crippen LogP contribution in [0.25, 0.3) is 0 Å². The molecule has 7 nitrogen and oxygen atoms in total. The molecule has 0 bridgehead atoms. The molecule has 110 valence electrons. The van der Waals surface area contributed by atoms with E-state index in [0.29, 0.717) is 5.69 Å². The van der Waals surface area contributed by atoms with Crippen LogP contribution < -0.4 is 5.32 Å². The third kappa shape index (κ3) is 3.38. The van der Waals surface area contributed by atoms with E-state index in [1.807, 2.05) is 13.8 Å². The van der Waals surface area contributed by atoms with Crippen molar-refractivity contribution >= 4 is 28.9 Å². The fourth-order valence-corrected chi connectivity index (χ4v) is 1.95. The van der Waals surface area contributed by atoms with Gasteiger partial charge in [-0.25, -0.2) is 0 Å². The van der Waals surface area contributed by atoms with Crippen LogP contribution in [0, 0.1) is 10.1 Å². The van der Waals surface area contributed by atoms with Gasteiger partial charge in [-0.05, 0) is 19.9 Å². The van der Waals surface area contributed by atoms with E-state index in [4.69, 9.17) is 11.6 Å². The van der Waals surface area contributed by atoms with E-state index in [0.717, 1.165) is 6.07 Å². The molecule has 1 N–H and O–H groups in total. The monoisotopic (exact) mass is 308 g/mol. The zero-order valence-corrected chi connectivity index (χ0v) is 12.2. The molecule has 21 heavy (non-hydrogen) atoms. The minimum absolute atomic E-state index is 0.0259. The van der Waals surface area contributed by atoms with Gasteiger partial charge in [0.1, 0.15) is 0 Å². The number of halogens is 1. The van der Waals surface area contributed by atoms with Crippen molar-refractivity contribution in [2.24, 2.45) is 0 Å². The Hall–Kier alpha value is -2.41. The number of carbonyl (C=O) groups is 1. The first-order chi connectivity index (χ1) is 9.88. The lowest BCUT2D eigenvalue weighted by Gasteiger charge is -2.05. The number of rotatable bonds is 4. The molecule has 2 rings (SSSR count). The van der Waals surface area contributed by atoms with E-state index >= 15 is 0 Å². The molecule has 8 heteroatoms. The quantitative estimate of drug-likeness (QED) is 0.693. The maximum atomic E-state index is 12.1. The van der Waals surface area contributed by atoms with Gasteiger partial charge in [0, 0.05) is 24.4 Å². The Bertz CT molecular complexity index is 696. The van der Waals surface area contributed by atoms with Crippen molar-refractivity contribution in [1.82, 2.24) is 9.78 Å². The SMILES string of the molecule is CC(C)n1cc(NC(=O)c2ccc([N+](=O)[O-])cc2Cl)cn1. The topological polar surface area (TPSA) is 90.1 Å². The minimum atomic E-state index is -0.569. The largest absolute Gasteiger partial charge is 0.319 e. The van der Waals surface area contributed by atoms with Crippen molar-refractivity contribution in [3.8, 4) is 0 Å². The van der Waals surface area contributed by atoms with Crippen LogP contribution in [0.4, 0.5) is 11.4 Å². The second-order valence-corrected chi connectivity index (χ2v) is 5.09. The number of amides is 1. The van der Waals surface area contributed by atoms with Gasteiger partial charge >= 0.3 is 0 Å². The number of nitrogens with zero attached hydrogens (tertiary/aromatic N) is 3. The second-order valence-electron chi connectivity index (χ2n) is 4.68. The zero-order chi connectivity index (χ0) is 15.6. The van der Waals surface area contributed by atoms with Crippen molar-refractivity contribution in [2.45, 2.75) is 19.9 Å². The summed E-state index contributed by atoms with van der Waals surface area (Å²) in [5.41, 5.74) is 0.534. The van der Waals surface area contributed by atoms with E-state index in [2.05, 4.69) is 10.4 Å². The number of aromatic nitrogens is 2. The summed E-state index contributed by atoms with van der Waals surface area (Å²) in [6, 6.07) is 3.88. The molecule has 0 spiro atoms. The number of nitro groups is 1. The van der Waals surface area contributed by atoms with Gasteiger partial charge in [-0.1, -0.05) is 11.6 Å². The number of hydrogen-bond acceptors (Lipinski definition) is 4. The Morgan fingerprint density at radius 3 is 2.71 bits per heavy atom. The summed E-state index contributed by atoms with van der Waals surface area (Å²) < 4.78 is 1.70. The minimum Gasteiger partial charge on any atom is -0.319 e. The molecule has 0 fully saturated rings. The summed E-state index contributed by atoms with van der Waals surface area (Å²) in [5, 5.41) is 17.4. The fourth-order valence-electron chi connectivity index (χ4n) is 1.69. The summed E-state index contributed by atoms with van der Waals surface area (Å²) in [5.74, 6) is -0.446. The average molecular weight is 309 g/mol. The van der Waals surface area contributed by atoms with Crippen LogP contribution in [0.2, 0.25) is 5.02 Å². The molecule has 0 unspecified atom stereocenters. The molecule has 2 aromatic rings. The molecule has 1 aromatic carbocycles. The number of benzene rings is 1. The van der Waals surface area contributed by atoms with Gasteiger partial charge in [0.15, 0.2) is 0 Å². The Morgan fingerprint density at radius 1 is 1.48 bits per heavy atom. The molecule has 1 aromatic heterocycles. The molecular formula is C13H13ClN4O3. The van der Waals surface area contributed by atoms with Crippen molar-refractivity contribution in [1.29, 1.82) is 0 Å². The molecule has 1 heterocycles. The van der Waals surface area contributed by atoms with Crippen LogP contribution in [-0.4, -0.2) is 20.6 Å². The lowest BCUT2D eigenvalue weighted by Crippen LogP contribution is -2.12. The van der Waals surface area contributed by atoms with Gasteiger partial charge in [0.25, 0.3) is 11.6 Å². The Kier molecular flexibility index (Phi) is 4.23. The molecule has 0 atom stereocenters. The number of anilines is 1. The van der Waals surface area contributed by atoms with Gasteiger partial charge in [-0.3, -0.25) is 19.6 Å². The van der Waals surface area contributed by atoms with Crippen LogP contribution in [-0.2, 0) is 0 Å². The predicted octanol–water partition coefficient (Wildman–Crippen LogP) is 3.28. The van der Waals surface area contributed by atoms with E-state index in [-0.39, 0.29) is 22.3 Å². The van der Waals surface area contributed by atoms with Gasteiger partial charge in [-0.2, -0.15) is 5.10 Å². The van der Waals surface area contributed by atoms with Crippen LogP contribution in [0.3, 0.4) is 0 Å². The Balaban J connectivity index is 2.18. The van der Waals surface area contributed by atoms with Gasteiger partial charge in [0.2, 0.25) is 0 Å². The molecule has 0 aliphatic heterocycles.